The van der Waals surface area contributed by atoms with Crippen LogP contribution in [-0.4, -0.2) is 33.0 Å². The minimum absolute atomic E-state index is 0.136. The monoisotopic (exact) mass is 345 g/mol. The van der Waals surface area contributed by atoms with E-state index in [4.69, 9.17) is 0 Å². The standard InChI is InChI=1S/C14H20BrNO2S/c1-2-16-10-14(7-8-19(17,18)11-14)9-12-3-5-13(15)6-4-12/h3-6,16H,2,7-11H2,1H3. The number of hydrogen-bond donors (Lipinski definition) is 1. The zero-order chi connectivity index (χ0) is 13.9. The Labute approximate surface area is 123 Å². The number of hydrogen-bond acceptors (Lipinski definition) is 3. The van der Waals surface area contributed by atoms with Crippen molar-refractivity contribution in [2.24, 2.45) is 5.41 Å². The molecule has 5 heteroatoms. The van der Waals surface area contributed by atoms with Gasteiger partial charge in [-0.1, -0.05) is 35.0 Å². The van der Waals surface area contributed by atoms with Crippen LogP contribution in [0, 0.1) is 5.41 Å². The van der Waals surface area contributed by atoms with E-state index in [9.17, 15) is 8.42 Å². The highest BCUT2D eigenvalue weighted by molar-refractivity contribution is 9.10. The van der Waals surface area contributed by atoms with Crippen molar-refractivity contribution in [1.82, 2.24) is 5.32 Å². The van der Waals surface area contributed by atoms with E-state index >= 15 is 0 Å². The lowest BCUT2D eigenvalue weighted by atomic mass is 9.81. The molecule has 0 aromatic heterocycles. The Kier molecular flexibility index (Phi) is 4.69. The highest BCUT2D eigenvalue weighted by atomic mass is 79.9. The maximum absolute atomic E-state index is 11.8. The van der Waals surface area contributed by atoms with Gasteiger partial charge < -0.3 is 5.32 Å². The molecule has 106 valence electrons. The van der Waals surface area contributed by atoms with Crippen LogP contribution in [0.5, 0.6) is 0 Å². The molecule has 2 rings (SSSR count). The molecule has 1 aliphatic heterocycles. The average Bonchev–Trinajstić information content (AvgIpc) is 2.66. The van der Waals surface area contributed by atoms with Crippen LogP contribution in [0.3, 0.4) is 0 Å². The first kappa shape index (κ1) is 15.0. The molecule has 0 amide bonds. The molecule has 0 radical (unpaired) electrons. The zero-order valence-corrected chi connectivity index (χ0v) is 13.6. The Morgan fingerprint density at radius 1 is 1.32 bits per heavy atom. The van der Waals surface area contributed by atoms with Gasteiger partial charge in [0.1, 0.15) is 0 Å². The fourth-order valence-electron chi connectivity index (χ4n) is 2.75. The third-order valence-electron chi connectivity index (χ3n) is 3.71. The first-order chi connectivity index (χ1) is 8.95. The Hall–Kier alpha value is -0.390. The van der Waals surface area contributed by atoms with Crippen molar-refractivity contribution in [3.05, 3.63) is 34.3 Å². The summed E-state index contributed by atoms with van der Waals surface area (Å²) in [7, 11) is -2.86. The quantitative estimate of drug-likeness (QED) is 0.891. The predicted octanol–water partition coefficient (Wildman–Crippen LogP) is 2.41. The van der Waals surface area contributed by atoms with Crippen LogP contribution in [-0.2, 0) is 16.3 Å². The third-order valence-corrected chi connectivity index (χ3v) is 6.12. The van der Waals surface area contributed by atoms with Gasteiger partial charge in [-0.05, 0) is 37.1 Å². The Morgan fingerprint density at radius 2 is 2.00 bits per heavy atom. The molecule has 1 aromatic rings. The first-order valence-corrected chi connectivity index (χ1v) is 9.22. The summed E-state index contributed by atoms with van der Waals surface area (Å²) in [6.07, 6.45) is 1.59. The number of nitrogens with one attached hydrogen (secondary N) is 1. The second-order valence-electron chi connectivity index (χ2n) is 5.43. The fraction of sp³-hybridized carbons (Fsp3) is 0.571. The number of rotatable bonds is 5. The van der Waals surface area contributed by atoms with Gasteiger partial charge >= 0.3 is 0 Å². The summed E-state index contributed by atoms with van der Waals surface area (Å²) in [5.74, 6) is 0.637. The predicted molar refractivity (Wildman–Crippen MR) is 82.1 cm³/mol. The van der Waals surface area contributed by atoms with Crippen molar-refractivity contribution >= 4 is 25.8 Å². The minimum Gasteiger partial charge on any atom is -0.316 e. The number of sulfone groups is 1. The third kappa shape index (κ3) is 4.04. The Balaban J connectivity index is 2.17. The average molecular weight is 346 g/mol. The van der Waals surface area contributed by atoms with Gasteiger partial charge in [-0.2, -0.15) is 0 Å². The number of halogens is 1. The molecule has 0 spiro atoms. The normalized spacial score (nSPS) is 25.6. The lowest BCUT2D eigenvalue weighted by Crippen LogP contribution is -2.37. The maximum atomic E-state index is 11.8. The Bertz CT molecular complexity index is 527. The van der Waals surface area contributed by atoms with Crippen LogP contribution < -0.4 is 5.32 Å². The van der Waals surface area contributed by atoms with E-state index in [0.717, 1.165) is 30.4 Å². The summed E-state index contributed by atoms with van der Waals surface area (Å²) >= 11 is 3.42. The van der Waals surface area contributed by atoms with Crippen molar-refractivity contribution in [1.29, 1.82) is 0 Å². The molecule has 19 heavy (non-hydrogen) atoms. The molecule has 1 heterocycles. The van der Waals surface area contributed by atoms with Gasteiger partial charge in [0.25, 0.3) is 0 Å². The largest absolute Gasteiger partial charge is 0.316 e. The van der Waals surface area contributed by atoms with Gasteiger partial charge in [0.15, 0.2) is 9.84 Å². The van der Waals surface area contributed by atoms with E-state index in [1.165, 1.54) is 5.56 Å². The molecular formula is C14H20BrNO2S. The van der Waals surface area contributed by atoms with Gasteiger partial charge in [-0.3, -0.25) is 0 Å². The van der Waals surface area contributed by atoms with E-state index in [-0.39, 0.29) is 5.41 Å². The lowest BCUT2D eigenvalue weighted by Gasteiger charge is -2.28. The lowest BCUT2D eigenvalue weighted by molar-refractivity contribution is 0.314. The molecule has 1 aliphatic rings. The van der Waals surface area contributed by atoms with Gasteiger partial charge in [0.05, 0.1) is 11.5 Å². The van der Waals surface area contributed by atoms with Crippen LogP contribution in [0.1, 0.15) is 18.9 Å². The minimum atomic E-state index is -2.86. The van der Waals surface area contributed by atoms with Crippen LogP contribution in [0.2, 0.25) is 0 Å². The van der Waals surface area contributed by atoms with Crippen LogP contribution in [0.15, 0.2) is 28.7 Å². The van der Waals surface area contributed by atoms with E-state index in [1.54, 1.807) is 0 Å². The SMILES string of the molecule is CCNCC1(Cc2ccc(Br)cc2)CCS(=O)(=O)C1. The smallest absolute Gasteiger partial charge is 0.150 e. The van der Waals surface area contributed by atoms with E-state index in [2.05, 4.69) is 40.3 Å². The highest BCUT2D eigenvalue weighted by Crippen LogP contribution is 2.35. The molecule has 1 unspecified atom stereocenters. The highest BCUT2D eigenvalue weighted by Gasteiger charge is 2.41. The number of benzene rings is 1. The molecule has 1 saturated heterocycles. The van der Waals surface area contributed by atoms with Crippen molar-refractivity contribution in [3.63, 3.8) is 0 Å². The van der Waals surface area contributed by atoms with Crippen molar-refractivity contribution in [2.45, 2.75) is 19.8 Å². The zero-order valence-electron chi connectivity index (χ0n) is 11.2. The molecule has 0 aliphatic carbocycles. The van der Waals surface area contributed by atoms with Gasteiger partial charge in [-0.15, -0.1) is 0 Å². The van der Waals surface area contributed by atoms with Gasteiger partial charge in [0.2, 0.25) is 0 Å². The summed E-state index contributed by atoms with van der Waals surface area (Å²) in [5.41, 5.74) is 1.07. The molecule has 0 saturated carbocycles. The molecule has 1 N–H and O–H groups in total. The summed E-state index contributed by atoms with van der Waals surface area (Å²) in [6.45, 7) is 3.71. The van der Waals surface area contributed by atoms with Crippen LogP contribution >= 0.6 is 15.9 Å². The molecule has 1 fully saturated rings. The van der Waals surface area contributed by atoms with E-state index < -0.39 is 9.84 Å². The van der Waals surface area contributed by atoms with Crippen molar-refractivity contribution in [2.75, 3.05) is 24.6 Å². The van der Waals surface area contributed by atoms with Crippen LogP contribution in [0.25, 0.3) is 0 Å². The van der Waals surface area contributed by atoms with E-state index in [0.29, 0.717) is 11.5 Å². The summed E-state index contributed by atoms with van der Waals surface area (Å²) < 4.78 is 24.7. The second kappa shape index (κ2) is 5.94. The molecule has 1 atom stereocenters. The van der Waals surface area contributed by atoms with E-state index in [1.807, 2.05) is 12.1 Å². The topological polar surface area (TPSA) is 46.2 Å². The summed E-state index contributed by atoms with van der Waals surface area (Å²) in [5, 5.41) is 3.33. The van der Waals surface area contributed by atoms with Crippen LogP contribution in [0.4, 0.5) is 0 Å². The van der Waals surface area contributed by atoms with Gasteiger partial charge in [0, 0.05) is 16.4 Å². The first-order valence-electron chi connectivity index (χ1n) is 6.60. The Morgan fingerprint density at radius 3 is 2.53 bits per heavy atom. The van der Waals surface area contributed by atoms with Crippen molar-refractivity contribution < 1.29 is 8.42 Å². The van der Waals surface area contributed by atoms with Crippen molar-refractivity contribution in [3.8, 4) is 0 Å². The summed E-state index contributed by atoms with van der Waals surface area (Å²) in [4.78, 5) is 0. The molecular weight excluding hydrogens is 326 g/mol. The fourth-order valence-corrected chi connectivity index (χ4v) is 5.18. The molecule has 3 nitrogen and oxygen atoms in total. The molecule has 0 bridgehead atoms. The molecule has 1 aromatic carbocycles. The maximum Gasteiger partial charge on any atom is 0.150 e. The summed E-state index contributed by atoms with van der Waals surface area (Å²) in [6, 6.07) is 8.17. The second-order valence-corrected chi connectivity index (χ2v) is 8.53. The van der Waals surface area contributed by atoms with Gasteiger partial charge in [-0.25, -0.2) is 8.42 Å².